The molecule has 2 unspecified atom stereocenters. The van der Waals surface area contributed by atoms with Gasteiger partial charge in [0, 0.05) is 17.4 Å². The number of nitrogens with one attached hydrogen (secondary N) is 3. The van der Waals surface area contributed by atoms with E-state index in [1.807, 2.05) is 26.0 Å². The largest absolute Gasteiger partial charge is 0.493 e. The topological polar surface area (TPSA) is 128 Å². The molecule has 0 radical (unpaired) electrons. The summed E-state index contributed by atoms with van der Waals surface area (Å²) in [4.78, 5) is 45.3. The summed E-state index contributed by atoms with van der Waals surface area (Å²) in [5.74, 6) is 0.857. The lowest BCUT2D eigenvalue weighted by Crippen LogP contribution is -2.39. The molecule has 1 heterocycles. The minimum Gasteiger partial charge on any atom is -0.493 e. The number of hydrogen-bond donors (Lipinski definition) is 3. The van der Waals surface area contributed by atoms with E-state index < -0.39 is 12.1 Å². The summed E-state index contributed by atoms with van der Waals surface area (Å²) in [7, 11) is 4.67. The highest BCUT2D eigenvalue weighted by Crippen LogP contribution is 2.50. The number of nitrogens with zero attached hydrogens (tertiary/aromatic N) is 1. The quantitative estimate of drug-likeness (QED) is 0.315. The molecule has 3 N–H and O–H groups in total. The molecule has 11 heteroatoms. The van der Waals surface area contributed by atoms with Gasteiger partial charge in [0.05, 0.1) is 38.8 Å². The van der Waals surface area contributed by atoms with Crippen molar-refractivity contribution in [2.24, 2.45) is 5.92 Å². The molecular weight excluding hydrogens is 568 g/mol. The van der Waals surface area contributed by atoms with Crippen LogP contribution >= 0.6 is 11.3 Å². The average molecular weight is 607 g/mol. The number of thiazole rings is 1. The molecule has 2 atom stereocenters. The minimum absolute atomic E-state index is 0.126. The van der Waals surface area contributed by atoms with E-state index in [-0.39, 0.29) is 28.8 Å². The molecule has 10 nitrogen and oxygen atoms in total. The Kier molecular flexibility index (Phi) is 8.91. The van der Waals surface area contributed by atoms with Gasteiger partial charge in [-0.15, -0.1) is 11.3 Å². The Balaban J connectivity index is 1.58. The first-order valence-electron chi connectivity index (χ1n) is 14.5. The van der Waals surface area contributed by atoms with E-state index in [1.165, 1.54) is 23.1 Å². The molecule has 0 aliphatic heterocycles. The Morgan fingerprint density at radius 3 is 2.44 bits per heavy atom. The van der Waals surface area contributed by atoms with Crippen molar-refractivity contribution in [1.82, 2.24) is 10.3 Å². The van der Waals surface area contributed by atoms with Crippen molar-refractivity contribution in [3.8, 4) is 28.4 Å². The van der Waals surface area contributed by atoms with E-state index in [2.05, 4.69) is 20.9 Å². The number of ether oxygens (including phenoxy) is 3. The van der Waals surface area contributed by atoms with Crippen LogP contribution < -0.4 is 35.6 Å². The van der Waals surface area contributed by atoms with Crippen LogP contribution in [-0.4, -0.2) is 44.2 Å². The summed E-state index contributed by atoms with van der Waals surface area (Å²) in [5, 5.41) is 9.77. The van der Waals surface area contributed by atoms with Gasteiger partial charge in [-0.05, 0) is 72.9 Å². The van der Waals surface area contributed by atoms with Gasteiger partial charge in [0.25, 0.3) is 0 Å². The number of benzene rings is 1. The number of carbonyl (C=O) groups excluding carboxylic acids is 2. The lowest BCUT2D eigenvalue weighted by Gasteiger charge is -2.21. The van der Waals surface area contributed by atoms with Crippen molar-refractivity contribution in [3.05, 3.63) is 56.2 Å². The third kappa shape index (κ3) is 6.04. The van der Waals surface area contributed by atoms with Crippen LogP contribution in [0.4, 0.5) is 10.8 Å². The van der Waals surface area contributed by atoms with Gasteiger partial charge >= 0.3 is 0 Å². The van der Waals surface area contributed by atoms with Gasteiger partial charge in [0.15, 0.2) is 16.6 Å². The van der Waals surface area contributed by atoms with Gasteiger partial charge in [0.2, 0.25) is 23.0 Å². The van der Waals surface area contributed by atoms with Crippen LogP contribution in [0.2, 0.25) is 0 Å². The molecule has 0 fully saturated rings. The molecule has 228 valence electrons. The first kappa shape index (κ1) is 30.3. The maximum Gasteiger partial charge on any atom is 0.248 e. The molecule has 0 bridgehead atoms. The number of hydrogen-bond acceptors (Lipinski definition) is 9. The van der Waals surface area contributed by atoms with Crippen molar-refractivity contribution in [1.29, 1.82) is 0 Å². The first-order chi connectivity index (χ1) is 20.6. The molecule has 2 aliphatic carbocycles. The summed E-state index contributed by atoms with van der Waals surface area (Å²) in [6.07, 6.45) is 4.18. The molecule has 3 aromatic rings. The number of aryl methyl sites for hydroxylation is 3. The lowest BCUT2D eigenvalue weighted by atomic mass is 9.95. The Morgan fingerprint density at radius 2 is 1.79 bits per heavy atom. The highest BCUT2D eigenvalue weighted by molar-refractivity contribution is 7.15. The molecule has 2 amide bonds. The van der Waals surface area contributed by atoms with E-state index in [4.69, 9.17) is 14.2 Å². The summed E-state index contributed by atoms with van der Waals surface area (Å²) in [6.45, 7) is 5.31. The van der Waals surface area contributed by atoms with E-state index >= 15 is 0 Å². The first-order valence-corrected chi connectivity index (χ1v) is 15.3. The number of carbonyl (C=O) groups is 2. The number of aromatic nitrogens is 1. The monoisotopic (exact) mass is 606 g/mol. The van der Waals surface area contributed by atoms with Crippen LogP contribution in [0, 0.1) is 5.92 Å². The molecule has 0 saturated carbocycles. The van der Waals surface area contributed by atoms with Crippen molar-refractivity contribution in [2.75, 3.05) is 32.0 Å². The zero-order valence-corrected chi connectivity index (χ0v) is 26.2. The fourth-order valence-corrected chi connectivity index (χ4v) is 7.01. The second kappa shape index (κ2) is 12.6. The van der Waals surface area contributed by atoms with Gasteiger partial charge in [-0.25, -0.2) is 4.98 Å². The third-order valence-corrected chi connectivity index (χ3v) is 9.07. The average Bonchev–Trinajstić information content (AvgIpc) is 3.48. The molecule has 43 heavy (non-hydrogen) atoms. The van der Waals surface area contributed by atoms with Gasteiger partial charge in [-0.1, -0.05) is 19.9 Å². The summed E-state index contributed by atoms with van der Waals surface area (Å²) < 4.78 is 17.1. The van der Waals surface area contributed by atoms with Crippen molar-refractivity contribution < 1.29 is 23.8 Å². The summed E-state index contributed by atoms with van der Waals surface area (Å²) in [6, 6.07) is 5.88. The van der Waals surface area contributed by atoms with Crippen LogP contribution in [0.25, 0.3) is 11.1 Å². The fourth-order valence-electron chi connectivity index (χ4n) is 5.96. The van der Waals surface area contributed by atoms with E-state index in [1.54, 1.807) is 33.5 Å². The molecule has 0 saturated heterocycles. The molecule has 2 aliphatic rings. The SMILES string of the molecule is COc1cc2c(c(OC)c1OC)-c1ccc(NC(C(=O)Nc3nc4c(s3)CCC4)C(C)C)c(=O)cc1C(NC(C)=O)CC2. The van der Waals surface area contributed by atoms with Gasteiger partial charge in [-0.2, -0.15) is 0 Å². The molecule has 2 aromatic carbocycles. The zero-order valence-electron chi connectivity index (χ0n) is 25.4. The van der Waals surface area contributed by atoms with Crippen molar-refractivity contribution >= 4 is 34.0 Å². The van der Waals surface area contributed by atoms with Crippen LogP contribution in [-0.2, 0) is 28.9 Å². The third-order valence-electron chi connectivity index (χ3n) is 8.00. The van der Waals surface area contributed by atoms with Crippen LogP contribution in [0.3, 0.4) is 0 Å². The van der Waals surface area contributed by atoms with Crippen LogP contribution in [0.15, 0.2) is 29.1 Å². The number of rotatable bonds is 9. The smallest absolute Gasteiger partial charge is 0.248 e. The summed E-state index contributed by atoms with van der Waals surface area (Å²) in [5.41, 5.74) is 4.10. The molecule has 0 spiro atoms. The fraction of sp³-hybridized carbons (Fsp3) is 0.438. The number of amides is 2. The van der Waals surface area contributed by atoms with Crippen molar-refractivity contribution in [2.45, 2.75) is 65.0 Å². The second-order valence-electron chi connectivity index (χ2n) is 11.2. The Bertz CT molecular complexity index is 1600. The van der Waals surface area contributed by atoms with E-state index in [0.29, 0.717) is 40.8 Å². The van der Waals surface area contributed by atoms with Crippen LogP contribution in [0.5, 0.6) is 17.2 Å². The Labute approximate surface area is 255 Å². The number of fused-ring (bicyclic) bond motifs is 4. The van der Waals surface area contributed by atoms with E-state index in [0.717, 1.165) is 41.6 Å². The molecule has 1 aromatic heterocycles. The van der Waals surface area contributed by atoms with Crippen molar-refractivity contribution in [3.63, 3.8) is 0 Å². The lowest BCUT2D eigenvalue weighted by molar-refractivity contribution is -0.120. The maximum atomic E-state index is 13.8. The van der Waals surface area contributed by atoms with Gasteiger partial charge < -0.3 is 30.2 Å². The summed E-state index contributed by atoms with van der Waals surface area (Å²) >= 11 is 1.52. The van der Waals surface area contributed by atoms with E-state index in [9.17, 15) is 14.4 Å². The number of methoxy groups -OCH3 is 3. The normalized spacial score (nSPS) is 15.8. The maximum absolute atomic E-state index is 13.8. The predicted octanol–water partition coefficient (Wildman–Crippen LogP) is 4.88. The zero-order chi connectivity index (χ0) is 30.8. The van der Waals surface area contributed by atoms with Crippen LogP contribution in [0.1, 0.15) is 61.4 Å². The number of anilines is 2. The molecular formula is C32H38N4O6S. The Hall–Kier alpha value is -4.12. The Morgan fingerprint density at radius 1 is 1.02 bits per heavy atom. The standard InChI is InChI=1S/C32H38N4O6S/c1-16(2)28(31(39)36-32-35-23-8-7-9-26(23)43-32)34-22-13-11-19-20(15-24(22)38)21(33-17(3)37)12-10-18-14-25(40-4)29(41-5)30(42-6)27(18)19/h11,13-16,21,28H,7-10,12H2,1-6H3,(H,33,37)(H,34,38)(H,35,36,39). The van der Waals surface area contributed by atoms with Gasteiger partial charge in [0.1, 0.15) is 6.04 Å². The predicted molar refractivity (Wildman–Crippen MR) is 168 cm³/mol. The highest BCUT2D eigenvalue weighted by atomic mass is 32.1. The highest BCUT2D eigenvalue weighted by Gasteiger charge is 2.30. The van der Waals surface area contributed by atoms with Gasteiger partial charge in [-0.3, -0.25) is 14.4 Å². The molecule has 5 rings (SSSR count). The minimum atomic E-state index is -0.689. The second-order valence-corrected chi connectivity index (χ2v) is 12.3.